The molecule has 1 spiro atoms. The summed E-state index contributed by atoms with van der Waals surface area (Å²) in [6.45, 7) is 3.01. The zero-order valence-corrected chi connectivity index (χ0v) is 7.75. The molecule has 2 heterocycles. The van der Waals surface area contributed by atoms with Gasteiger partial charge in [0.05, 0.1) is 12.1 Å². The number of β-lactam (4-membered cyclic amide) rings is 1. The Morgan fingerprint density at radius 1 is 1.46 bits per heavy atom. The van der Waals surface area contributed by atoms with Crippen molar-refractivity contribution in [2.45, 2.75) is 24.8 Å². The lowest BCUT2D eigenvalue weighted by Crippen LogP contribution is -2.65. The van der Waals surface area contributed by atoms with Gasteiger partial charge in [0.25, 0.3) is 0 Å². The van der Waals surface area contributed by atoms with Crippen molar-refractivity contribution in [3.63, 3.8) is 0 Å². The lowest BCUT2D eigenvalue weighted by molar-refractivity contribution is -0.134. The Hall–Kier alpha value is -0.610. The molecule has 1 amide bonds. The molecule has 2 fully saturated rings. The van der Waals surface area contributed by atoms with Crippen LogP contribution < -0.4 is 5.32 Å². The standard InChI is InChI=1S/C9H16N2O2/c12-6-5-11-3-1-9(2-4-11)7-8(13)10-9/h12H,1-7H2,(H,10,13). The topological polar surface area (TPSA) is 52.6 Å². The van der Waals surface area contributed by atoms with Crippen LogP contribution in [0.15, 0.2) is 0 Å². The number of piperidine rings is 1. The van der Waals surface area contributed by atoms with E-state index in [1.54, 1.807) is 0 Å². The van der Waals surface area contributed by atoms with Crippen molar-refractivity contribution in [1.29, 1.82) is 0 Å². The molecule has 0 aliphatic carbocycles. The van der Waals surface area contributed by atoms with Crippen LogP contribution in [0.5, 0.6) is 0 Å². The van der Waals surface area contributed by atoms with E-state index in [9.17, 15) is 4.79 Å². The van der Waals surface area contributed by atoms with Crippen molar-refractivity contribution in [2.75, 3.05) is 26.2 Å². The number of amides is 1. The molecule has 4 heteroatoms. The van der Waals surface area contributed by atoms with Gasteiger partial charge in [0.15, 0.2) is 0 Å². The molecule has 4 nitrogen and oxygen atoms in total. The molecule has 2 saturated heterocycles. The van der Waals surface area contributed by atoms with Crippen molar-refractivity contribution < 1.29 is 9.90 Å². The van der Waals surface area contributed by atoms with Crippen molar-refractivity contribution >= 4 is 5.91 Å². The second kappa shape index (κ2) is 3.27. The molecular weight excluding hydrogens is 168 g/mol. The molecule has 13 heavy (non-hydrogen) atoms. The highest BCUT2D eigenvalue weighted by atomic mass is 16.3. The Bertz CT molecular complexity index is 200. The summed E-state index contributed by atoms with van der Waals surface area (Å²) in [7, 11) is 0. The molecule has 0 atom stereocenters. The van der Waals surface area contributed by atoms with E-state index >= 15 is 0 Å². The first-order valence-corrected chi connectivity index (χ1v) is 4.88. The number of β-amino-alcohol motifs (C(OH)–C–C–N with tert-alkyl or cyclic N) is 1. The van der Waals surface area contributed by atoms with E-state index in [0.717, 1.165) is 32.5 Å². The fraction of sp³-hybridized carbons (Fsp3) is 0.889. The minimum Gasteiger partial charge on any atom is -0.395 e. The molecule has 2 rings (SSSR count). The molecule has 2 N–H and O–H groups in total. The first-order chi connectivity index (χ1) is 6.24. The highest BCUT2D eigenvalue weighted by Gasteiger charge is 2.44. The fourth-order valence-corrected chi connectivity index (χ4v) is 2.23. The van der Waals surface area contributed by atoms with Gasteiger partial charge < -0.3 is 15.3 Å². The van der Waals surface area contributed by atoms with Gasteiger partial charge in [0.2, 0.25) is 5.91 Å². The predicted octanol–water partition coefficient (Wildman–Crippen LogP) is -0.667. The summed E-state index contributed by atoms with van der Waals surface area (Å²) >= 11 is 0. The SMILES string of the molecule is O=C1CC2(CCN(CCO)CC2)N1. The van der Waals surface area contributed by atoms with Gasteiger partial charge in [-0.2, -0.15) is 0 Å². The van der Waals surface area contributed by atoms with Gasteiger partial charge in [-0.3, -0.25) is 4.79 Å². The third-order valence-corrected chi connectivity index (χ3v) is 3.13. The Kier molecular flexibility index (Phi) is 2.26. The van der Waals surface area contributed by atoms with Gasteiger partial charge in [0, 0.05) is 26.1 Å². The van der Waals surface area contributed by atoms with Crippen LogP contribution in [-0.4, -0.2) is 47.7 Å². The summed E-state index contributed by atoms with van der Waals surface area (Å²) in [4.78, 5) is 13.1. The van der Waals surface area contributed by atoms with Crippen molar-refractivity contribution in [3.8, 4) is 0 Å². The molecule has 0 radical (unpaired) electrons. The number of likely N-dealkylation sites (tertiary alicyclic amines) is 1. The minimum atomic E-state index is 0.128. The third kappa shape index (κ3) is 1.69. The van der Waals surface area contributed by atoms with Crippen molar-refractivity contribution in [1.82, 2.24) is 10.2 Å². The van der Waals surface area contributed by atoms with Crippen LogP contribution in [0.4, 0.5) is 0 Å². The number of aliphatic hydroxyl groups is 1. The zero-order valence-electron chi connectivity index (χ0n) is 7.75. The number of aliphatic hydroxyl groups excluding tert-OH is 1. The van der Waals surface area contributed by atoms with Crippen LogP contribution in [0.25, 0.3) is 0 Å². The lowest BCUT2D eigenvalue weighted by atomic mass is 9.78. The van der Waals surface area contributed by atoms with Gasteiger partial charge in [-0.1, -0.05) is 0 Å². The summed E-state index contributed by atoms with van der Waals surface area (Å²) in [6, 6.07) is 0. The highest BCUT2D eigenvalue weighted by Crippen LogP contribution is 2.31. The highest BCUT2D eigenvalue weighted by molar-refractivity contribution is 5.84. The van der Waals surface area contributed by atoms with Gasteiger partial charge in [-0.15, -0.1) is 0 Å². The Labute approximate surface area is 77.9 Å². The maximum Gasteiger partial charge on any atom is 0.222 e. The van der Waals surface area contributed by atoms with E-state index in [-0.39, 0.29) is 18.1 Å². The molecule has 0 aromatic heterocycles. The van der Waals surface area contributed by atoms with Crippen LogP contribution in [0.1, 0.15) is 19.3 Å². The monoisotopic (exact) mass is 184 g/mol. The van der Waals surface area contributed by atoms with Gasteiger partial charge in [-0.05, 0) is 12.8 Å². The number of nitrogens with zero attached hydrogens (tertiary/aromatic N) is 1. The average Bonchev–Trinajstić information content (AvgIpc) is 2.07. The van der Waals surface area contributed by atoms with E-state index in [2.05, 4.69) is 10.2 Å². The minimum absolute atomic E-state index is 0.128. The van der Waals surface area contributed by atoms with Crippen LogP contribution >= 0.6 is 0 Å². The van der Waals surface area contributed by atoms with Crippen LogP contribution in [0.2, 0.25) is 0 Å². The first-order valence-electron chi connectivity index (χ1n) is 4.88. The molecular formula is C9H16N2O2. The molecule has 2 aliphatic rings. The Morgan fingerprint density at radius 2 is 2.08 bits per heavy atom. The number of hydrogen-bond acceptors (Lipinski definition) is 3. The molecule has 0 bridgehead atoms. The summed E-state index contributed by atoms with van der Waals surface area (Å²) in [5.41, 5.74) is 0.128. The quantitative estimate of drug-likeness (QED) is 0.560. The number of rotatable bonds is 2. The van der Waals surface area contributed by atoms with Crippen LogP contribution in [-0.2, 0) is 4.79 Å². The Balaban J connectivity index is 1.80. The smallest absolute Gasteiger partial charge is 0.222 e. The van der Waals surface area contributed by atoms with Gasteiger partial charge in [-0.25, -0.2) is 0 Å². The van der Waals surface area contributed by atoms with Crippen LogP contribution in [0.3, 0.4) is 0 Å². The Morgan fingerprint density at radius 3 is 2.54 bits per heavy atom. The fourth-order valence-electron chi connectivity index (χ4n) is 2.23. The molecule has 2 aliphatic heterocycles. The van der Waals surface area contributed by atoms with E-state index in [0.29, 0.717) is 6.42 Å². The van der Waals surface area contributed by atoms with E-state index in [1.165, 1.54) is 0 Å². The second-order valence-corrected chi connectivity index (χ2v) is 4.07. The summed E-state index contributed by atoms with van der Waals surface area (Å²) in [5, 5.41) is 11.7. The maximum atomic E-state index is 10.8. The first kappa shape index (κ1) is 8.97. The summed E-state index contributed by atoms with van der Waals surface area (Å²) in [6.07, 6.45) is 2.79. The number of hydrogen-bond donors (Lipinski definition) is 2. The number of carbonyl (C=O) groups is 1. The van der Waals surface area contributed by atoms with E-state index in [4.69, 9.17) is 5.11 Å². The largest absolute Gasteiger partial charge is 0.395 e. The maximum absolute atomic E-state index is 10.8. The second-order valence-electron chi connectivity index (χ2n) is 4.07. The number of nitrogens with one attached hydrogen (secondary N) is 1. The molecule has 0 saturated carbocycles. The van der Waals surface area contributed by atoms with Crippen molar-refractivity contribution in [2.24, 2.45) is 0 Å². The normalized spacial score (nSPS) is 27.0. The van der Waals surface area contributed by atoms with Crippen molar-refractivity contribution in [3.05, 3.63) is 0 Å². The lowest BCUT2D eigenvalue weighted by Gasteiger charge is -2.47. The van der Waals surface area contributed by atoms with Gasteiger partial charge >= 0.3 is 0 Å². The average molecular weight is 184 g/mol. The molecule has 0 unspecified atom stereocenters. The third-order valence-electron chi connectivity index (χ3n) is 3.13. The van der Waals surface area contributed by atoms with E-state index in [1.807, 2.05) is 0 Å². The van der Waals surface area contributed by atoms with Gasteiger partial charge in [0.1, 0.15) is 0 Å². The predicted molar refractivity (Wildman–Crippen MR) is 48.3 cm³/mol. The van der Waals surface area contributed by atoms with E-state index < -0.39 is 0 Å². The molecule has 0 aromatic rings. The summed E-state index contributed by atoms with van der Waals surface area (Å²) in [5.74, 6) is 0.190. The zero-order chi connectivity index (χ0) is 9.31. The van der Waals surface area contributed by atoms with Crippen LogP contribution in [0, 0.1) is 0 Å². The molecule has 74 valence electrons. The summed E-state index contributed by atoms with van der Waals surface area (Å²) < 4.78 is 0. The molecule has 0 aromatic carbocycles. The number of carbonyl (C=O) groups excluding carboxylic acids is 1.